The van der Waals surface area contributed by atoms with E-state index in [2.05, 4.69) is 30.3 Å². The number of carbonyl (C=O) groups excluding carboxylic acids is 2. The molecule has 48 heavy (non-hydrogen) atoms. The van der Waals surface area contributed by atoms with Gasteiger partial charge in [-0.2, -0.15) is 10.2 Å². The molecule has 2 aliphatic rings. The first-order valence-electron chi connectivity index (χ1n) is 15.1. The number of phosphoric acid groups is 1. The Labute approximate surface area is 273 Å². The number of aryl methyl sites for hydroxylation is 1. The van der Waals surface area contributed by atoms with Gasteiger partial charge in [0.2, 0.25) is 5.91 Å². The molecule has 0 bridgehead atoms. The number of nitrogens with one attached hydrogen (secondary N) is 2. The van der Waals surface area contributed by atoms with Gasteiger partial charge in [-0.3, -0.25) is 23.8 Å². The van der Waals surface area contributed by atoms with Crippen LogP contribution in [-0.4, -0.2) is 58.8 Å². The summed E-state index contributed by atoms with van der Waals surface area (Å²) in [7, 11) is -4.71. The van der Waals surface area contributed by atoms with E-state index in [4.69, 9.17) is 14.5 Å². The Balaban J connectivity index is 1.31. The molecule has 2 amide bonds. The average Bonchev–Trinajstić information content (AvgIpc) is 3.48. The lowest BCUT2D eigenvalue weighted by molar-refractivity contribution is -0.119. The summed E-state index contributed by atoms with van der Waals surface area (Å²) < 4.78 is 53.3. The number of amides is 2. The van der Waals surface area contributed by atoms with Crippen molar-refractivity contribution in [3.05, 3.63) is 77.0 Å². The van der Waals surface area contributed by atoms with E-state index in [-0.39, 0.29) is 29.7 Å². The summed E-state index contributed by atoms with van der Waals surface area (Å²) >= 11 is 0. The fourth-order valence-electron chi connectivity index (χ4n) is 6.28. The Morgan fingerprint density at radius 2 is 1.90 bits per heavy atom. The number of hydrogen-bond acceptors (Lipinski definition) is 8. The minimum absolute atomic E-state index is 0.110. The number of benzene rings is 1. The molecule has 17 heteroatoms. The lowest BCUT2D eigenvalue weighted by Crippen LogP contribution is -2.52. The van der Waals surface area contributed by atoms with Crippen LogP contribution in [0, 0.1) is 30.9 Å². The van der Waals surface area contributed by atoms with Crippen LogP contribution >= 0.6 is 7.82 Å². The van der Waals surface area contributed by atoms with Gasteiger partial charge < -0.3 is 25.2 Å². The van der Waals surface area contributed by atoms with Gasteiger partial charge in [-0.15, -0.1) is 0 Å². The normalized spacial score (nSPS) is 17.1. The highest BCUT2D eigenvalue weighted by molar-refractivity contribution is 7.46. The summed E-state index contributed by atoms with van der Waals surface area (Å²) in [6.07, 6.45) is 4.21. The molecular weight excluding hydrogens is 651 g/mol. The number of halogens is 2. The van der Waals surface area contributed by atoms with Gasteiger partial charge >= 0.3 is 7.82 Å². The Hall–Kier alpha value is -4.50. The van der Waals surface area contributed by atoms with Crippen molar-refractivity contribution in [1.29, 1.82) is 0 Å². The van der Waals surface area contributed by atoms with Crippen LogP contribution in [0.2, 0.25) is 0 Å². The molecule has 2 atom stereocenters. The standard InChI is InChI=1S/C31H34F2N7O7P/c1-16(2)40-24(7-10-35-40)29(41)37-28(27-20-11-21(32)22(33)12-25(20)46-14-31(27)8-9-31)30(42)36-19-5-6-23(34-13-19)26-17(3)38-39(18(26)4)15-47-48(43,44)45/h5-7,10-13,16,27-28H,8-9,14-15H2,1-4H3,(H,36,42)(H,37,41)(H2,43,44,45)/t27?,28-/m0/s1. The number of hydrogen-bond donors (Lipinski definition) is 4. The van der Waals surface area contributed by atoms with Crippen LogP contribution in [-0.2, 0) is 20.6 Å². The molecule has 0 radical (unpaired) electrons. The van der Waals surface area contributed by atoms with Gasteiger partial charge in [-0.1, -0.05) is 0 Å². The molecule has 4 N–H and O–H groups in total. The molecule has 1 fully saturated rings. The van der Waals surface area contributed by atoms with Gasteiger partial charge in [0.05, 0.1) is 29.9 Å². The summed E-state index contributed by atoms with van der Waals surface area (Å²) in [6.45, 7) is 6.83. The highest BCUT2D eigenvalue weighted by atomic mass is 31.2. The zero-order chi connectivity index (χ0) is 34.5. The first-order chi connectivity index (χ1) is 22.7. The van der Waals surface area contributed by atoms with Crippen molar-refractivity contribution < 1.29 is 42.0 Å². The number of carbonyl (C=O) groups is 2. The van der Waals surface area contributed by atoms with Gasteiger partial charge in [0.15, 0.2) is 18.4 Å². The summed E-state index contributed by atoms with van der Waals surface area (Å²) in [6, 6.07) is 5.41. The Morgan fingerprint density at radius 1 is 1.17 bits per heavy atom. The molecule has 1 unspecified atom stereocenters. The molecule has 0 saturated heterocycles. The molecule has 3 aromatic heterocycles. The van der Waals surface area contributed by atoms with E-state index in [1.807, 2.05) is 13.8 Å². The summed E-state index contributed by atoms with van der Waals surface area (Å²) in [4.78, 5) is 50.4. The second-order valence-corrected chi connectivity index (χ2v) is 13.6. The van der Waals surface area contributed by atoms with Crippen LogP contribution < -0.4 is 15.4 Å². The average molecular weight is 686 g/mol. The number of fused-ring (bicyclic) bond motifs is 1. The lowest BCUT2D eigenvalue weighted by atomic mass is 9.75. The van der Waals surface area contributed by atoms with Crippen molar-refractivity contribution in [1.82, 2.24) is 29.9 Å². The van der Waals surface area contributed by atoms with E-state index >= 15 is 0 Å². The minimum Gasteiger partial charge on any atom is -0.493 e. The molecule has 1 saturated carbocycles. The van der Waals surface area contributed by atoms with Crippen molar-refractivity contribution in [3.8, 4) is 17.0 Å². The zero-order valence-electron chi connectivity index (χ0n) is 26.5. The number of anilines is 1. The molecule has 6 rings (SSSR count). The number of pyridine rings is 1. The predicted molar refractivity (Wildman–Crippen MR) is 167 cm³/mol. The van der Waals surface area contributed by atoms with Gasteiger partial charge in [0, 0.05) is 46.5 Å². The maximum absolute atomic E-state index is 14.6. The van der Waals surface area contributed by atoms with Gasteiger partial charge in [0.1, 0.15) is 17.5 Å². The van der Waals surface area contributed by atoms with Gasteiger partial charge in [0.25, 0.3) is 5.91 Å². The van der Waals surface area contributed by atoms with E-state index < -0.39 is 55.4 Å². The van der Waals surface area contributed by atoms with Crippen molar-refractivity contribution in [3.63, 3.8) is 0 Å². The number of aromatic nitrogens is 5. The maximum Gasteiger partial charge on any atom is 0.471 e. The number of phosphoric ester groups is 1. The molecular formula is C31H34F2N7O7P. The van der Waals surface area contributed by atoms with Crippen molar-refractivity contribution in [2.75, 3.05) is 11.9 Å². The van der Waals surface area contributed by atoms with Crippen molar-refractivity contribution >= 4 is 25.3 Å². The SMILES string of the molecule is Cc1nn(COP(=O)(O)O)c(C)c1-c1ccc(NC(=O)[C@@H](NC(=O)c2ccnn2C(C)C)C2c3cc(F)c(F)cc3OCC23CC3)cn1. The molecule has 1 aromatic carbocycles. The van der Waals surface area contributed by atoms with E-state index in [0.29, 0.717) is 41.2 Å². The van der Waals surface area contributed by atoms with Crippen LogP contribution in [0.1, 0.15) is 66.1 Å². The number of rotatable bonds is 10. The van der Waals surface area contributed by atoms with Crippen molar-refractivity contribution in [2.24, 2.45) is 5.41 Å². The molecule has 1 spiro atoms. The monoisotopic (exact) mass is 685 g/mol. The Kier molecular flexibility index (Phi) is 8.70. The topological polar surface area (TPSA) is 183 Å². The largest absolute Gasteiger partial charge is 0.493 e. The third-order valence-electron chi connectivity index (χ3n) is 8.77. The molecule has 1 aliphatic heterocycles. The molecule has 1 aliphatic carbocycles. The number of nitrogens with zero attached hydrogens (tertiary/aromatic N) is 5. The third kappa shape index (κ3) is 6.48. The molecule has 4 aromatic rings. The van der Waals surface area contributed by atoms with Gasteiger partial charge in [-0.05, 0) is 64.8 Å². The van der Waals surface area contributed by atoms with E-state index in [0.717, 1.165) is 12.1 Å². The van der Waals surface area contributed by atoms with E-state index in [9.17, 15) is 22.9 Å². The Bertz CT molecular complexity index is 1940. The molecule has 4 heterocycles. The predicted octanol–water partition coefficient (Wildman–Crippen LogP) is 4.38. The van der Waals surface area contributed by atoms with E-state index in [1.54, 1.807) is 26.0 Å². The van der Waals surface area contributed by atoms with E-state index in [1.165, 1.54) is 27.8 Å². The smallest absolute Gasteiger partial charge is 0.471 e. The minimum atomic E-state index is -4.71. The second-order valence-electron chi connectivity index (χ2n) is 12.4. The highest BCUT2D eigenvalue weighted by Gasteiger charge is 2.58. The number of ether oxygens (including phenoxy) is 1. The van der Waals surface area contributed by atoms with Crippen molar-refractivity contribution in [2.45, 2.75) is 65.3 Å². The van der Waals surface area contributed by atoms with Crippen LogP contribution in [0.5, 0.6) is 5.75 Å². The molecule has 254 valence electrons. The lowest BCUT2D eigenvalue weighted by Gasteiger charge is -2.38. The first kappa shape index (κ1) is 33.4. The first-order valence-corrected chi connectivity index (χ1v) is 16.7. The van der Waals surface area contributed by atoms with Crippen LogP contribution in [0.25, 0.3) is 11.3 Å². The molecule has 14 nitrogen and oxygen atoms in total. The summed E-state index contributed by atoms with van der Waals surface area (Å²) in [5.41, 5.74) is 2.40. The third-order valence-corrected chi connectivity index (χ3v) is 9.22. The maximum atomic E-state index is 14.6. The quantitative estimate of drug-likeness (QED) is 0.175. The highest BCUT2D eigenvalue weighted by Crippen LogP contribution is 2.61. The fourth-order valence-corrected chi connectivity index (χ4v) is 6.54. The van der Waals surface area contributed by atoms with Crippen LogP contribution in [0.15, 0.2) is 42.7 Å². The fraction of sp³-hybridized carbons (Fsp3) is 0.387. The zero-order valence-corrected chi connectivity index (χ0v) is 27.4. The Morgan fingerprint density at radius 3 is 2.54 bits per heavy atom. The summed E-state index contributed by atoms with van der Waals surface area (Å²) in [5, 5.41) is 14.2. The van der Waals surface area contributed by atoms with Crippen LogP contribution in [0.4, 0.5) is 14.5 Å². The van der Waals surface area contributed by atoms with Crippen LogP contribution in [0.3, 0.4) is 0 Å². The summed E-state index contributed by atoms with van der Waals surface area (Å²) in [5.74, 6) is -3.97. The second kappa shape index (κ2) is 12.5. The van der Waals surface area contributed by atoms with Gasteiger partial charge in [-0.25, -0.2) is 18.0 Å².